The minimum absolute atomic E-state index is 0.0997. The molecule has 0 aliphatic heterocycles. The fourth-order valence-electron chi connectivity index (χ4n) is 2.49. The van der Waals surface area contributed by atoms with Crippen molar-refractivity contribution in [3.05, 3.63) is 82.6 Å². The van der Waals surface area contributed by atoms with Gasteiger partial charge in [-0.05, 0) is 17.2 Å². The van der Waals surface area contributed by atoms with Crippen LogP contribution < -0.4 is 5.56 Å². The molecular formula is C18H13N3OS. The van der Waals surface area contributed by atoms with Gasteiger partial charge in [-0.2, -0.15) is 0 Å². The van der Waals surface area contributed by atoms with E-state index in [-0.39, 0.29) is 5.56 Å². The van der Waals surface area contributed by atoms with Crippen molar-refractivity contribution < 1.29 is 0 Å². The second-order valence-corrected chi connectivity index (χ2v) is 6.26. The lowest BCUT2D eigenvalue weighted by Crippen LogP contribution is -2.24. The maximum Gasteiger partial charge on any atom is 0.278 e. The summed E-state index contributed by atoms with van der Waals surface area (Å²) in [6, 6.07) is 21.7. The lowest BCUT2D eigenvalue weighted by Gasteiger charge is -2.02. The van der Waals surface area contributed by atoms with Gasteiger partial charge in [0, 0.05) is 4.88 Å². The number of hydrogen-bond acceptors (Lipinski definition) is 4. The molecular weight excluding hydrogens is 306 g/mol. The smallest absolute Gasteiger partial charge is 0.267 e. The van der Waals surface area contributed by atoms with Crippen LogP contribution in [0.1, 0.15) is 5.56 Å². The van der Waals surface area contributed by atoms with Crippen molar-refractivity contribution in [1.29, 1.82) is 0 Å². The van der Waals surface area contributed by atoms with Gasteiger partial charge in [0.1, 0.15) is 0 Å². The molecule has 2 heterocycles. The SMILES string of the molecule is O=c1c2cc(-c3ccccc3)sc2nnn1Cc1ccccc1. The van der Waals surface area contributed by atoms with Gasteiger partial charge >= 0.3 is 0 Å². The Morgan fingerprint density at radius 3 is 2.39 bits per heavy atom. The molecule has 0 spiro atoms. The zero-order valence-electron chi connectivity index (χ0n) is 12.2. The molecule has 0 unspecified atom stereocenters. The highest BCUT2D eigenvalue weighted by molar-refractivity contribution is 7.21. The first-order valence-corrected chi connectivity index (χ1v) is 8.09. The number of benzene rings is 2. The Balaban J connectivity index is 1.78. The first kappa shape index (κ1) is 13.8. The number of rotatable bonds is 3. The van der Waals surface area contributed by atoms with Gasteiger partial charge in [-0.1, -0.05) is 65.9 Å². The maximum absolute atomic E-state index is 12.6. The molecule has 0 amide bonds. The van der Waals surface area contributed by atoms with Crippen molar-refractivity contribution in [3.63, 3.8) is 0 Å². The Bertz CT molecular complexity index is 1010. The van der Waals surface area contributed by atoms with Crippen molar-refractivity contribution in [3.8, 4) is 10.4 Å². The maximum atomic E-state index is 12.6. The third kappa shape index (κ3) is 2.66. The average molecular weight is 319 g/mol. The van der Waals surface area contributed by atoms with Crippen LogP contribution in [0.25, 0.3) is 20.7 Å². The largest absolute Gasteiger partial charge is 0.278 e. The Morgan fingerprint density at radius 1 is 0.957 bits per heavy atom. The Morgan fingerprint density at radius 2 is 1.65 bits per heavy atom. The summed E-state index contributed by atoms with van der Waals surface area (Å²) in [7, 11) is 0. The van der Waals surface area contributed by atoms with E-state index in [1.165, 1.54) is 16.0 Å². The summed E-state index contributed by atoms with van der Waals surface area (Å²) >= 11 is 1.49. The highest BCUT2D eigenvalue weighted by Crippen LogP contribution is 2.30. The fraction of sp³-hybridized carbons (Fsp3) is 0.0556. The molecule has 0 aliphatic rings. The van der Waals surface area contributed by atoms with Crippen LogP contribution >= 0.6 is 11.3 Å². The van der Waals surface area contributed by atoms with E-state index in [1.54, 1.807) is 0 Å². The predicted octanol–water partition coefficient (Wildman–Crippen LogP) is 3.57. The first-order chi connectivity index (χ1) is 11.3. The molecule has 0 bridgehead atoms. The molecule has 4 nitrogen and oxygen atoms in total. The summed E-state index contributed by atoms with van der Waals surface area (Å²) < 4.78 is 1.42. The van der Waals surface area contributed by atoms with Gasteiger partial charge in [-0.25, -0.2) is 4.68 Å². The van der Waals surface area contributed by atoms with E-state index >= 15 is 0 Å². The van der Waals surface area contributed by atoms with Crippen molar-refractivity contribution in [1.82, 2.24) is 15.0 Å². The van der Waals surface area contributed by atoms with Crippen LogP contribution in [0.4, 0.5) is 0 Å². The van der Waals surface area contributed by atoms with Gasteiger partial charge in [0.05, 0.1) is 11.9 Å². The predicted molar refractivity (Wildman–Crippen MR) is 92.7 cm³/mol. The second kappa shape index (κ2) is 5.78. The number of thiophene rings is 1. The average Bonchev–Trinajstić information content (AvgIpc) is 3.04. The monoisotopic (exact) mass is 319 g/mol. The van der Waals surface area contributed by atoms with Crippen LogP contribution in [-0.2, 0) is 6.54 Å². The normalized spacial score (nSPS) is 11.0. The van der Waals surface area contributed by atoms with Crippen molar-refractivity contribution in [2.45, 2.75) is 6.54 Å². The summed E-state index contributed by atoms with van der Waals surface area (Å²) in [6.45, 7) is 0.430. The van der Waals surface area contributed by atoms with Gasteiger partial charge < -0.3 is 0 Å². The zero-order valence-corrected chi connectivity index (χ0v) is 13.0. The highest BCUT2D eigenvalue weighted by atomic mass is 32.1. The molecule has 2 aromatic heterocycles. The van der Waals surface area contributed by atoms with Gasteiger partial charge in [-0.3, -0.25) is 4.79 Å². The van der Waals surface area contributed by atoms with Gasteiger partial charge in [0.15, 0.2) is 4.83 Å². The number of fused-ring (bicyclic) bond motifs is 1. The van der Waals surface area contributed by atoms with E-state index in [1.807, 2.05) is 66.7 Å². The molecule has 0 saturated carbocycles. The zero-order chi connectivity index (χ0) is 15.6. The van der Waals surface area contributed by atoms with Crippen LogP contribution in [0.15, 0.2) is 71.5 Å². The van der Waals surface area contributed by atoms with E-state index in [0.717, 1.165) is 16.0 Å². The van der Waals surface area contributed by atoms with E-state index in [9.17, 15) is 4.79 Å². The molecule has 0 N–H and O–H groups in total. The second-order valence-electron chi connectivity index (χ2n) is 5.23. The van der Waals surface area contributed by atoms with E-state index in [0.29, 0.717) is 16.8 Å². The number of aromatic nitrogens is 3. The van der Waals surface area contributed by atoms with Crippen molar-refractivity contribution in [2.75, 3.05) is 0 Å². The molecule has 4 aromatic rings. The number of nitrogens with zero attached hydrogens (tertiary/aromatic N) is 3. The van der Waals surface area contributed by atoms with Crippen molar-refractivity contribution >= 4 is 21.6 Å². The Labute approximate surface area is 136 Å². The molecule has 4 rings (SSSR count). The van der Waals surface area contributed by atoms with Gasteiger partial charge in [-0.15, -0.1) is 16.4 Å². The van der Waals surface area contributed by atoms with Crippen LogP contribution in [-0.4, -0.2) is 15.0 Å². The van der Waals surface area contributed by atoms with E-state index in [2.05, 4.69) is 10.3 Å². The van der Waals surface area contributed by atoms with Crippen LogP contribution in [0.3, 0.4) is 0 Å². The first-order valence-electron chi connectivity index (χ1n) is 7.28. The topological polar surface area (TPSA) is 47.8 Å². The highest BCUT2D eigenvalue weighted by Gasteiger charge is 2.11. The summed E-state index contributed by atoms with van der Waals surface area (Å²) in [5, 5.41) is 8.91. The molecule has 23 heavy (non-hydrogen) atoms. The summed E-state index contributed by atoms with van der Waals surface area (Å²) in [5.74, 6) is 0. The lowest BCUT2D eigenvalue weighted by molar-refractivity contribution is 0.602. The summed E-state index contributed by atoms with van der Waals surface area (Å²) in [5.41, 5.74) is 2.02. The van der Waals surface area contributed by atoms with Crippen LogP contribution in [0.5, 0.6) is 0 Å². The third-order valence-electron chi connectivity index (χ3n) is 3.65. The Kier molecular flexibility index (Phi) is 3.48. The quantitative estimate of drug-likeness (QED) is 0.580. The van der Waals surface area contributed by atoms with Crippen LogP contribution in [0, 0.1) is 0 Å². The molecule has 0 saturated heterocycles. The number of hydrogen-bond donors (Lipinski definition) is 0. The summed E-state index contributed by atoms with van der Waals surface area (Å²) in [4.78, 5) is 14.4. The molecule has 2 aromatic carbocycles. The molecule has 112 valence electrons. The molecule has 5 heteroatoms. The summed E-state index contributed by atoms with van der Waals surface area (Å²) in [6.07, 6.45) is 0. The fourth-order valence-corrected chi connectivity index (χ4v) is 3.46. The third-order valence-corrected chi connectivity index (χ3v) is 4.72. The molecule has 0 atom stereocenters. The van der Waals surface area contributed by atoms with Gasteiger partial charge in [0.25, 0.3) is 5.56 Å². The molecule has 0 fully saturated rings. The van der Waals surface area contributed by atoms with E-state index in [4.69, 9.17) is 0 Å². The van der Waals surface area contributed by atoms with Gasteiger partial charge in [0.2, 0.25) is 0 Å². The minimum atomic E-state index is -0.0997. The van der Waals surface area contributed by atoms with Crippen LogP contribution in [0.2, 0.25) is 0 Å². The molecule has 0 aliphatic carbocycles. The van der Waals surface area contributed by atoms with Crippen molar-refractivity contribution in [2.24, 2.45) is 0 Å². The molecule has 0 radical (unpaired) electrons. The van der Waals surface area contributed by atoms with E-state index < -0.39 is 0 Å². The Hall–Kier alpha value is -2.79. The lowest BCUT2D eigenvalue weighted by atomic mass is 10.2. The minimum Gasteiger partial charge on any atom is -0.267 e. The standard InChI is InChI=1S/C18H13N3OS/c22-18-15-11-16(14-9-5-2-6-10-14)23-17(15)19-20-21(18)12-13-7-3-1-4-8-13/h1-11H,12H2.